The molecule has 0 saturated carbocycles. The van der Waals surface area contributed by atoms with Crippen molar-refractivity contribution in [1.29, 1.82) is 0 Å². The maximum atomic E-state index is 14.0. The highest BCUT2D eigenvalue weighted by atomic mass is 19.1. The standard InChI is InChI=1S/C18H16F2N2O/c19-15-2-1-3-16(20)17(15)10-4-5-12-13(6-10)18(23)22-8-11-7-21-9-14(11)12/h1-6,11,14,21H,7-9H2,(H,22,23)/t11-,14+/m1/s1. The summed E-state index contributed by atoms with van der Waals surface area (Å²) in [4.78, 5) is 12.4. The third-order valence-corrected chi connectivity index (χ3v) is 4.81. The van der Waals surface area contributed by atoms with Crippen molar-refractivity contribution < 1.29 is 13.6 Å². The fourth-order valence-corrected chi connectivity index (χ4v) is 3.64. The van der Waals surface area contributed by atoms with Crippen molar-refractivity contribution in [2.75, 3.05) is 19.6 Å². The summed E-state index contributed by atoms with van der Waals surface area (Å²) in [6.07, 6.45) is 0. The van der Waals surface area contributed by atoms with Gasteiger partial charge >= 0.3 is 0 Å². The number of hydrogen-bond acceptors (Lipinski definition) is 2. The SMILES string of the molecule is O=C1NC[C@H]2CNC[C@@H]2c2ccc(-c3c(F)cccc3F)cc21. The van der Waals surface area contributed by atoms with E-state index in [9.17, 15) is 13.6 Å². The van der Waals surface area contributed by atoms with Crippen LogP contribution in [0.5, 0.6) is 0 Å². The Kier molecular flexibility index (Phi) is 3.38. The number of hydrogen-bond donors (Lipinski definition) is 2. The summed E-state index contributed by atoms with van der Waals surface area (Å²) in [5, 5.41) is 6.25. The van der Waals surface area contributed by atoms with Gasteiger partial charge in [-0.25, -0.2) is 8.78 Å². The summed E-state index contributed by atoms with van der Waals surface area (Å²) in [6, 6.07) is 8.93. The third-order valence-electron chi connectivity index (χ3n) is 4.81. The molecule has 0 bridgehead atoms. The van der Waals surface area contributed by atoms with Crippen LogP contribution in [0.1, 0.15) is 21.8 Å². The van der Waals surface area contributed by atoms with E-state index in [-0.39, 0.29) is 17.4 Å². The van der Waals surface area contributed by atoms with E-state index in [2.05, 4.69) is 10.6 Å². The molecule has 2 aromatic rings. The lowest BCUT2D eigenvalue weighted by Crippen LogP contribution is -2.28. The molecule has 2 aromatic carbocycles. The van der Waals surface area contributed by atoms with Crippen molar-refractivity contribution in [2.45, 2.75) is 5.92 Å². The normalized spacial score (nSPS) is 23.0. The van der Waals surface area contributed by atoms with E-state index in [0.717, 1.165) is 18.7 Å². The molecule has 1 amide bonds. The van der Waals surface area contributed by atoms with Gasteiger partial charge in [0.1, 0.15) is 11.6 Å². The van der Waals surface area contributed by atoms with Gasteiger partial charge in [-0.2, -0.15) is 0 Å². The molecule has 0 unspecified atom stereocenters. The Hall–Kier alpha value is -2.27. The minimum atomic E-state index is -0.626. The fourth-order valence-electron chi connectivity index (χ4n) is 3.64. The Morgan fingerprint density at radius 3 is 2.57 bits per heavy atom. The second kappa shape index (κ2) is 5.42. The molecule has 2 heterocycles. The molecule has 23 heavy (non-hydrogen) atoms. The lowest BCUT2D eigenvalue weighted by molar-refractivity contribution is 0.0952. The summed E-state index contributed by atoms with van der Waals surface area (Å²) in [5.74, 6) is -0.813. The van der Waals surface area contributed by atoms with Crippen LogP contribution in [0.2, 0.25) is 0 Å². The number of rotatable bonds is 1. The number of amides is 1. The van der Waals surface area contributed by atoms with Crippen LogP contribution in [-0.4, -0.2) is 25.5 Å². The Bertz CT molecular complexity index is 770. The first-order valence-electron chi connectivity index (χ1n) is 7.72. The number of halogens is 2. The van der Waals surface area contributed by atoms with E-state index >= 15 is 0 Å². The maximum Gasteiger partial charge on any atom is 0.251 e. The summed E-state index contributed by atoms with van der Waals surface area (Å²) >= 11 is 0. The zero-order chi connectivity index (χ0) is 16.0. The van der Waals surface area contributed by atoms with Gasteiger partial charge in [0, 0.05) is 31.1 Å². The van der Waals surface area contributed by atoms with Gasteiger partial charge in [0.15, 0.2) is 0 Å². The lowest BCUT2D eigenvalue weighted by Gasteiger charge is -2.17. The molecule has 5 heteroatoms. The summed E-state index contributed by atoms with van der Waals surface area (Å²) < 4.78 is 28.0. The molecule has 3 nitrogen and oxygen atoms in total. The smallest absolute Gasteiger partial charge is 0.251 e. The lowest BCUT2D eigenvalue weighted by atomic mass is 9.86. The molecule has 0 spiro atoms. The Morgan fingerprint density at radius 1 is 1.00 bits per heavy atom. The quantitative estimate of drug-likeness (QED) is 0.850. The van der Waals surface area contributed by atoms with E-state index in [0.29, 0.717) is 23.6 Å². The molecule has 2 N–H and O–H groups in total. The van der Waals surface area contributed by atoms with Crippen molar-refractivity contribution in [3.05, 3.63) is 59.2 Å². The van der Waals surface area contributed by atoms with Gasteiger partial charge in [0.2, 0.25) is 0 Å². The predicted octanol–water partition coefficient (Wildman–Crippen LogP) is 2.68. The van der Waals surface area contributed by atoms with Crippen molar-refractivity contribution in [1.82, 2.24) is 10.6 Å². The van der Waals surface area contributed by atoms with Gasteiger partial charge in [0.25, 0.3) is 5.91 Å². The second-order valence-electron chi connectivity index (χ2n) is 6.13. The largest absolute Gasteiger partial charge is 0.352 e. The fraction of sp³-hybridized carbons (Fsp3) is 0.278. The van der Waals surface area contributed by atoms with Crippen molar-refractivity contribution in [3.8, 4) is 11.1 Å². The average Bonchev–Trinajstić information content (AvgIpc) is 2.96. The number of fused-ring (bicyclic) bond motifs is 3. The zero-order valence-corrected chi connectivity index (χ0v) is 12.4. The minimum Gasteiger partial charge on any atom is -0.352 e. The van der Waals surface area contributed by atoms with E-state index in [1.165, 1.54) is 18.2 Å². The summed E-state index contributed by atoms with van der Waals surface area (Å²) in [7, 11) is 0. The second-order valence-corrected chi connectivity index (χ2v) is 6.13. The molecular weight excluding hydrogens is 298 g/mol. The van der Waals surface area contributed by atoms with Crippen LogP contribution >= 0.6 is 0 Å². The topological polar surface area (TPSA) is 41.1 Å². The molecule has 0 radical (unpaired) electrons. The number of benzene rings is 2. The molecule has 0 aliphatic carbocycles. The van der Waals surface area contributed by atoms with Crippen LogP contribution < -0.4 is 10.6 Å². The highest BCUT2D eigenvalue weighted by Gasteiger charge is 2.34. The first-order chi connectivity index (χ1) is 11.1. The Morgan fingerprint density at radius 2 is 1.78 bits per heavy atom. The Balaban J connectivity index is 1.86. The van der Waals surface area contributed by atoms with Crippen LogP contribution in [0.4, 0.5) is 8.78 Å². The summed E-state index contributed by atoms with van der Waals surface area (Å²) in [6.45, 7) is 2.31. The molecule has 2 aliphatic heterocycles. The first kappa shape index (κ1) is 14.3. The highest BCUT2D eigenvalue weighted by Crippen LogP contribution is 2.35. The van der Waals surface area contributed by atoms with Gasteiger partial charge in [-0.05, 0) is 35.2 Å². The van der Waals surface area contributed by atoms with Crippen molar-refractivity contribution in [2.24, 2.45) is 5.92 Å². The monoisotopic (exact) mass is 314 g/mol. The average molecular weight is 314 g/mol. The van der Waals surface area contributed by atoms with Gasteiger partial charge in [0.05, 0.1) is 5.56 Å². The van der Waals surface area contributed by atoms with E-state index < -0.39 is 11.6 Å². The van der Waals surface area contributed by atoms with Crippen LogP contribution in [0.15, 0.2) is 36.4 Å². The van der Waals surface area contributed by atoms with Gasteiger partial charge < -0.3 is 10.6 Å². The molecular formula is C18H16F2N2O. The van der Waals surface area contributed by atoms with Crippen LogP contribution in [0.3, 0.4) is 0 Å². The molecule has 1 fully saturated rings. The minimum absolute atomic E-state index is 0.0894. The van der Waals surface area contributed by atoms with Gasteiger partial charge in [-0.3, -0.25) is 4.79 Å². The molecule has 0 aromatic heterocycles. The molecule has 2 atom stereocenters. The molecule has 4 rings (SSSR count). The molecule has 2 aliphatic rings. The van der Waals surface area contributed by atoms with Crippen LogP contribution in [-0.2, 0) is 0 Å². The number of carbonyl (C=O) groups is 1. The zero-order valence-electron chi connectivity index (χ0n) is 12.4. The molecule has 1 saturated heterocycles. The van der Waals surface area contributed by atoms with Crippen molar-refractivity contribution in [3.63, 3.8) is 0 Å². The van der Waals surface area contributed by atoms with Gasteiger partial charge in [-0.1, -0.05) is 18.2 Å². The van der Waals surface area contributed by atoms with E-state index in [1.54, 1.807) is 12.1 Å². The van der Waals surface area contributed by atoms with Crippen LogP contribution in [0.25, 0.3) is 11.1 Å². The van der Waals surface area contributed by atoms with E-state index in [1.807, 2.05) is 6.07 Å². The number of carbonyl (C=O) groups excluding carboxylic acids is 1. The third kappa shape index (κ3) is 2.32. The van der Waals surface area contributed by atoms with Crippen LogP contribution in [0, 0.1) is 17.6 Å². The predicted molar refractivity (Wildman–Crippen MR) is 83.2 cm³/mol. The van der Waals surface area contributed by atoms with E-state index in [4.69, 9.17) is 0 Å². The first-order valence-corrected chi connectivity index (χ1v) is 7.72. The summed E-state index contributed by atoms with van der Waals surface area (Å²) in [5.41, 5.74) is 1.77. The highest BCUT2D eigenvalue weighted by molar-refractivity contribution is 5.97. The molecule has 118 valence electrons. The maximum absolute atomic E-state index is 14.0. The van der Waals surface area contributed by atoms with Gasteiger partial charge in [-0.15, -0.1) is 0 Å². The Labute approximate surface area is 132 Å². The number of nitrogens with one attached hydrogen (secondary N) is 2. The van der Waals surface area contributed by atoms with Crippen molar-refractivity contribution >= 4 is 5.91 Å².